The Bertz CT molecular complexity index is 401. The van der Waals surface area contributed by atoms with Crippen LogP contribution in [0.4, 0.5) is 11.9 Å². The number of anilines is 2. The minimum Gasteiger partial charge on any atom is -0.467 e. The van der Waals surface area contributed by atoms with Crippen molar-refractivity contribution in [1.29, 1.82) is 0 Å². The molecule has 0 radical (unpaired) electrons. The molecule has 0 spiro atoms. The van der Waals surface area contributed by atoms with Crippen LogP contribution in [0.15, 0.2) is 0 Å². The number of nitrogens with two attached hydrogens (primary N) is 1. The van der Waals surface area contributed by atoms with Crippen LogP contribution < -0.4 is 21.3 Å². The average Bonchev–Trinajstić information content (AvgIpc) is 3.27. The molecule has 2 rings (SSSR count). The molecular formula is C11H21N7O. The number of likely N-dealkylation sites (N-methyl/N-ethyl adjacent to an activating group) is 1. The Hall–Kier alpha value is -1.67. The number of nitrogens with zero attached hydrogens (tertiary/aromatic N) is 4. The molecule has 1 aliphatic rings. The molecule has 0 saturated heterocycles. The molecule has 1 aliphatic carbocycles. The van der Waals surface area contributed by atoms with Crippen LogP contribution in [0, 0.1) is 0 Å². The largest absolute Gasteiger partial charge is 0.467 e. The summed E-state index contributed by atoms with van der Waals surface area (Å²) in [6.45, 7) is 2.93. The summed E-state index contributed by atoms with van der Waals surface area (Å²) in [4.78, 5) is 14.6. The molecule has 8 heteroatoms. The Morgan fingerprint density at radius 3 is 2.63 bits per heavy atom. The number of aromatic nitrogens is 3. The van der Waals surface area contributed by atoms with E-state index < -0.39 is 0 Å². The molecule has 1 heterocycles. The van der Waals surface area contributed by atoms with Gasteiger partial charge in [0.2, 0.25) is 11.9 Å². The molecule has 8 nitrogen and oxygen atoms in total. The summed E-state index contributed by atoms with van der Waals surface area (Å²) in [6.07, 6.45) is 2.59. The van der Waals surface area contributed by atoms with E-state index in [4.69, 9.17) is 10.6 Å². The summed E-state index contributed by atoms with van der Waals surface area (Å²) in [5, 5.41) is 3.18. The van der Waals surface area contributed by atoms with Gasteiger partial charge in [0.25, 0.3) is 0 Å². The number of rotatable bonds is 7. The minimum atomic E-state index is 0.230. The summed E-state index contributed by atoms with van der Waals surface area (Å²) in [7, 11) is 3.65. The normalized spacial score (nSPS) is 16.3. The SMILES string of the molecule is COc1nc(NN)nc(NCC(C)N(C)C2CC2)n1. The highest BCUT2D eigenvalue weighted by Gasteiger charge is 2.28. The number of nitrogens with one attached hydrogen (secondary N) is 2. The second kappa shape index (κ2) is 5.98. The van der Waals surface area contributed by atoms with Crippen molar-refractivity contribution < 1.29 is 4.74 Å². The Labute approximate surface area is 112 Å². The topological polar surface area (TPSA) is 101 Å². The van der Waals surface area contributed by atoms with Crippen LogP contribution in [-0.4, -0.2) is 52.6 Å². The lowest BCUT2D eigenvalue weighted by molar-refractivity contribution is 0.257. The maximum atomic E-state index is 5.30. The summed E-state index contributed by atoms with van der Waals surface area (Å²) in [5.74, 6) is 6.03. The summed E-state index contributed by atoms with van der Waals surface area (Å²) < 4.78 is 4.99. The Morgan fingerprint density at radius 2 is 2.05 bits per heavy atom. The van der Waals surface area contributed by atoms with E-state index >= 15 is 0 Å². The number of nitrogen functional groups attached to an aromatic ring is 1. The Kier molecular flexibility index (Phi) is 4.33. The van der Waals surface area contributed by atoms with E-state index in [1.54, 1.807) is 0 Å². The van der Waals surface area contributed by atoms with Gasteiger partial charge >= 0.3 is 6.01 Å². The average molecular weight is 267 g/mol. The van der Waals surface area contributed by atoms with Crippen LogP contribution in [0.5, 0.6) is 6.01 Å². The quantitative estimate of drug-likeness (QED) is 0.471. The van der Waals surface area contributed by atoms with Gasteiger partial charge in [0, 0.05) is 18.6 Å². The van der Waals surface area contributed by atoms with Gasteiger partial charge in [-0.15, -0.1) is 0 Å². The molecule has 4 N–H and O–H groups in total. The van der Waals surface area contributed by atoms with E-state index in [2.05, 4.69) is 44.6 Å². The number of methoxy groups -OCH3 is 1. The molecule has 1 saturated carbocycles. The lowest BCUT2D eigenvalue weighted by atomic mass is 10.3. The van der Waals surface area contributed by atoms with Gasteiger partial charge in [-0.05, 0) is 26.8 Å². The number of ether oxygens (including phenoxy) is 1. The van der Waals surface area contributed by atoms with Crippen LogP contribution in [0.25, 0.3) is 0 Å². The third-order valence-corrected chi connectivity index (χ3v) is 3.30. The van der Waals surface area contributed by atoms with Crippen molar-refractivity contribution in [2.45, 2.75) is 31.8 Å². The molecule has 0 amide bonds. The fourth-order valence-corrected chi connectivity index (χ4v) is 1.82. The third kappa shape index (κ3) is 3.65. The maximum absolute atomic E-state index is 5.30. The number of hydrazine groups is 1. The third-order valence-electron chi connectivity index (χ3n) is 3.30. The van der Waals surface area contributed by atoms with Crippen molar-refractivity contribution in [3.05, 3.63) is 0 Å². The van der Waals surface area contributed by atoms with Gasteiger partial charge < -0.3 is 10.1 Å². The zero-order valence-electron chi connectivity index (χ0n) is 11.6. The van der Waals surface area contributed by atoms with Gasteiger partial charge in [0.15, 0.2) is 0 Å². The van der Waals surface area contributed by atoms with E-state index in [0.717, 1.165) is 12.6 Å². The lowest BCUT2D eigenvalue weighted by Crippen LogP contribution is -2.36. The van der Waals surface area contributed by atoms with E-state index in [9.17, 15) is 0 Å². The molecule has 19 heavy (non-hydrogen) atoms. The van der Waals surface area contributed by atoms with Crippen LogP contribution >= 0.6 is 0 Å². The second-order valence-electron chi connectivity index (χ2n) is 4.74. The van der Waals surface area contributed by atoms with E-state index in [-0.39, 0.29) is 12.0 Å². The van der Waals surface area contributed by atoms with Crippen LogP contribution in [0.1, 0.15) is 19.8 Å². The highest BCUT2D eigenvalue weighted by molar-refractivity contribution is 5.34. The molecule has 1 fully saturated rings. The van der Waals surface area contributed by atoms with Crippen molar-refractivity contribution in [1.82, 2.24) is 19.9 Å². The van der Waals surface area contributed by atoms with E-state index in [0.29, 0.717) is 12.0 Å². The van der Waals surface area contributed by atoms with Crippen molar-refractivity contribution >= 4 is 11.9 Å². The summed E-state index contributed by atoms with van der Waals surface area (Å²) in [6, 6.07) is 1.36. The maximum Gasteiger partial charge on any atom is 0.322 e. The molecule has 0 aromatic carbocycles. The fraction of sp³-hybridized carbons (Fsp3) is 0.727. The zero-order chi connectivity index (χ0) is 13.8. The molecule has 1 aromatic heterocycles. The lowest BCUT2D eigenvalue weighted by Gasteiger charge is -2.24. The molecule has 0 aliphatic heterocycles. The number of hydrogen-bond acceptors (Lipinski definition) is 8. The first kappa shape index (κ1) is 13.8. The minimum absolute atomic E-state index is 0.230. The van der Waals surface area contributed by atoms with Gasteiger partial charge in [0.05, 0.1) is 7.11 Å². The standard InChI is InChI=1S/C11H21N7O/c1-7(18(2)8-4-5-8)6-13-9-14-10(17-12)16-11(15-9)19-3/h7-8H,4-6,12H2,1-3H3,(H2,13,14,15,16,17). The predicted molar refractivity (Wildman–Crippen MR) is 72.9 cm³/mol. The van der Waals surface area contributed by atoms with Crippen molar-refractivity contribution in [3.8, 4) is 6.01 Å². The van der Waals surface area contributed by atoms with Gasteiger partial charge in [-0.1, -0.05) is 0 Å². The highest BCUT2D eigenvalue weighted by atomic mass is 16.5. The first-order valence-electron chi connectivity index (χ1n) is 6.36. The first-order chi connectivity index (χ1) is 9.13. The van der Waals surface area contributed by atoms with Crippen LogP contribution in [0.2, 0.25) is 0 Å². The monoisotopic (exact) mass is 267 g/mol. The van der Waals surface area contributed by atoms with Crippen LogP contribution in [-0.2, 0) is 0 Å². The molecule has 0 bridgehead atoms. The molecule has 1 aromatic rings. The summed E-state index contributed by atoms with van der Waals surface area (Å²) >= 11 is 0. The van der Waals surface area contributed by atoms with Crippen LogP contribution in [0.3, 0.4) is 0 Å². The van der Waals surface area contributed by atoms with Crippen molar-refractivity contribution in [3.63, 3.8) is 0 Å². The van der Waals surface area contributed by atoms with Gasteiger partial charge in [-0.25, -0.2) is 5.84 Å². The highest BCUT2D eigenvalue weighted by Crippen LogP contribution is 2.26. The predicted octanol–water partition coefficient (Wildman–Crippen LogP) is 0.0604. The zero-order valence-corrected chi connectivity index (χ0v) is 11.6. The van der Waals surface area contributed by atoms with Crippen molar-refractivity contribution in [2.24, 2.45) is 5.84 Å². The first-order valence-corrected chi connectivity index (χ1v) is 6.36. The van der Waals surface area contributed by atoms with Gasteiger partial charge in [-0.3, -0.25) is 10.3 Å². The van der Waals surface area contributed by atoms with Gasteiger partial charge in [-0.2, -0.15) is 15.0 Å². The fourth-order valence-electron chi connectivity index (χ4n) is 1.82. The number of hydrogen-bond donors (Lipinski definition) is 3. The molecule has 106 valence electrons. The Balaban J connectivity index is 1.94. The molecule has 1 unspecified atom stereocenters. The summed E-state index contributed by atoms with van der Waals surface area (Å²) in [5.41, 5.74) is 2.39. The van der Waals surface area contributed by atoms with E-state index in [1.165, 1.54) is 20.0 Å². The smallest absolute Gasteiger partial charge is 0.322 e. The second-order valence-corrected chi connectivity index (χ2v) is 4.74. The molecular weight excluding hydrogens is 246 g/mol. The molecule has 1 atom stereocenters. The Morgan fingerprint density at radius 1 is 1.37 bits per heavy atom. The van der Waals surface area contributed by atoms with Crippen molar-refractivity contribution in [2.75, 3.05) is 31.4 Å². The van der Waals surface area contributed by atoms with E-state index in [1.807, 2.05) is 0 Å². The van der Waals surface area contributed by atoms with Gasteiger partial charge in [0.1, 0.15) is 0 Å².